The zero-order valence-electron chi connectivity index (χ0n) is 12.6. The molecule has 2 N–H and O–H groups in total. The van der Waals surface area contributed by atoms with Crippen LogP contribution in [0.15, 0.2) is 24.3 Å². The number of phenols is 1. The minimum absolute atomic E-state index is 0.0437. The molecule has 3 amide bonds. The molecule has 3 aliphatic rings. The maximum absolute atomic E-state index is 12.5. The quantitative estimate of drug-likeness (QED) is 0.825. The predicted molar refractivity (Wildman–Crippen MR) is 81.3 cm³/mol. The second-order valence-electron chi connectivity index (χ2n) is 6.75. The fraction of sp³-hybridized carbons (Fsp3) is 0.471. The van der Waals surface area contributed by atoms with Crippen LogP contribution >= 0.6 is 0 Å². The highest BCUT2D eigenvalue weighted by Crippen LogP contribution is 2.56. The summed E-state index contributed by atoms with van der Waals surface area (Å²) in [6, 6.07) is 6.17. The predicted octanol–water partition coefficient (Wildman–Crippen LogP) is 1.36. The molecule has 6 heteroatoms. The van der Waals surface area contributed by atoms with E-state index in [1.807, 2.05) is 0 Å². The summed E-state index contributed by atoms with van der Waals surface area (Å²) in [5.74, 6) is -0.505. The lowest BCUT2D eigenvalue weighted by Gasteiger charge is -2.19. The number of likely N-dealkylation sites (tertiary alicyclic amines) is 1. The molecule has 6 nitrogen and oxygen atoms in total. The SMILES string of the molecule is O=C(CN1C(=O)[C@@H]2[C@H]3CC[C@@H](C3)[C@@H]2C1=O)Nc1cccc(O)c1. The summed E-state index contributed by atoms with van der Waals surface area (Å²) >= 11 is 0. The van der Waals surface area contributed by atoms with Gasteiger partial charge >= 0.3 is 0 Å². The first-order valence-electron chi connectivity index (χ1n) is 7.98. The van der Waals surface area contributed by atoms with Gasteiger partial charge in [0.15, 0.2) is 0 Å². The van der Waals surface area contributed by atoms with E-state index in [0.29, 0.717) is 17.5 Å². The summed E-state index contributed by atoms with van der Waals surface area (Å²) in [5.41, 5.74) is 0.439. The van der Waals surface area contributed by atoms with E-state index in [-0.39, 0.29) is 35.9 Å². The van der Waals surface area contributed by atoms with Gasteiger partial charge in [-0.15, -0.1) is 0 Å². The fourth-order valence-electron chi connectivity index (χ4n) is 4.55. The second kappa shape index (κ2) is 5.08. The number of amides is 3. The van der Waals surface area contributed by atoms with Crippen molar-refractivity contribution in [2.75, 3.05) is 11.9 Å². The maximum atomic E-state index is 12.5. The number of fused-ring (bicyclic) bond motifs is 5. The molecule has 4 rings (SSSR count). The van der Waals surface area contributed by atoms with Crippen LogP contribution in [-0.4, -0.2) is 34.3 Å². The van der Waals surface area contributed by atoms with Gasteiger partial charge in [0.1, 0.15) is 12.3 Å². The zero-order chi connectivity index (χ0) is 16.1. The third kappa shape index (κ3) is 2.20. The van der Waals surface area contributed by atoms with Crippen molar-refractivity contribution >= 4 is 23.4 Å². The Bertz CT molecular complexity index is 674. The van der Waals surface area contributed by atoms with Gasteiger partial charge < -0.3 is 10.4 Å². The Labute approximate surface area is 133 Å². The highest BCUT2D eigenvalue weighted by atomic mass is 16.3. The lowest BCUT2D eigenvalue weighted by molar-refractivity contribution is -0.143. The number of anilines is 1. The summed E-state index contributed by atoms with van der Waals surface area (Å²) in [5, 5.41) is 12.0. The molecule has 0 spiro atoms. The van der Waals surface area contributed by atoms with Crippen LogP contribution in [-0.2, 0) is 14.4 Å². The summed E-state index contributed by atoms with van der Waals surface area (Å²) in [6.07, 6.45) is 3.03. The van der Waals surface area contributed by atoms with Gasteiger partial charge in [0, 0.05) is 11.8 Å². The molecule has 4 atom stereocenters. The molecule has 1 saturated heterocycles. The Hall–Kier alpha value is -2.37. The first-order valence-corrected chi connectivity index (χ1v) is 7.98. The van der Waals surface area contributed by atoms with Crippen LogP contribution in [0.5, 0.6) is 5.75 Å². The molecular weight excluding hydrogens is 296 g/mol. The monoisotopic (exact) mass is 314 g/mol. The Balaban J connectivity index is 1.46. The number of aromatic hydroxyl groups is 1. The third-order valence-electron chi connectivity index (χ3n) is 5.45. The molecule has 3 fully saturated rings. The molecule has 0 aromatic heterocycles. The van der Waals surface area contributed by atoms with E-state index in [4.69, 9.17) is 0 Å². The maximum Gasteiger partial charge on any atom is 0.244 e. The molecule has 2 aliphatic carbocycles. The van der Waals surface area contributed by atoms with E-state index in [1.165, 1.54) is 12.1 Å². The van der Waals surface area contributed by atoms with Gasteiger partial charge in [-0.2, -0.15) is 0 Å². The Morgan fingerprint density at radius 2 is 1.83 bits per heavy atom. The van der Waals surface area contributed by atoms with Crippen LogP contribution in [0.4, 0.5) is 5.69 Å². The van der Waals surface area contributed by atoms with E-state index in [2.05, 4.69) is 5.32 Å². The van der Waals surface area contributed by atoms with Crippen LogP contribution in [0.25, 0.3) is 0 Å². The second-order valence-corrected chi connectivity index (χ2v) is 6.75. The van der Waals surface area contributed by atoms with Crippen molar-refractivity contribution in [2.45, 2.75) is 19.3 Å². The van der Waals surface area contributed by atoms with Crippen LogP contribution in [0.2, 0.25) is 0 Å². The third-order valence-corrected chi connectivity index (χ3v) is 5.45. The summed E-state index contributed by atoms with van der Waals surface area (Å²) in [7, 11) is 0. The molecule has 1 aromatic carbocycles. The largest absolute Gasteiger partial charge is 0.508 e. The average molecular weight is 314 g/mol. The van der Waals surface area contributed by atoms with Crippen LogP contribution in [0.3, 0.4) is 0 Å². The van der Waals surface area contributed by atoms with Gasteiger partial charge in [0.05, 0.1) is 11.8 Å². The van der Waals surface area contributed by atoms with Gasteiger partial charge in [0.2, 0.25) is 17.7 Å². The Kier molecular flexibility index (Phi) is 3.14. The van der Waals surface area contributed by atoms with Crippen LogP contribution in [0, 0.1) is 23.7 Å². The summed E-state index contributed by atoms with van der Waals surface area (Å²) < 4.78 is 0. The molecule has 0 unspecified atom stereocenters. The summed E-state index contributed by atoms with van der Waals surface area (Å²) in [6.45, 7) is -0.250. The van der Waals surface area contributed by atoms with Gasteiger partial charge in [-0.3, -0.25) is 19.3 Å². The van der Waals surface area contributed by atoms with Crippen molar-refractivity contribution in [3.05, 3.63) is 24.3 Å². The smallest absolute Gasteiger partial charge is 0.244 e. The number of carbonyl (C=O) groups excluding carboxylic acids is 3. The van der Waals surface area contributed by atoms with Crippen molar-refractivity contribution < 1.29 is 19.5 Å². The highest BCUT2D eigenvalue weighted by molar-refractivity contribution is 6.09. The fourth-order valence-corrected chi connectivity index (χ4v) is 4.55. The molecule has 1 aromatic rings. The number of nitrogens with one attached hydrogen (secondary N) is 1. The number of phenolic OH excluding ortho intramolecular Hbond substituents is 1. The van der Waals surface area contributed by atoms with Gasteiger partial charge in [-0.1, -0.05) is 6.07 Å². The van der Waals surface area contributed by atoms with Crippen molar-refractivity contribution in [3.8, 4) is 5.75 Å². The number of rotatable bonds is 3. The standard InChI is InChI=1S/C17H18N2O4/c20-12-3-1-2-11(7-12)18-13(21)8-19-16(22)14-9-4-5-10(6-9)15(14)17(19)23/h1-3,7,9-10,14-15,20H,4-6,8H2,(H,18,21)/t9-,10-,14-,15+/m0/s1. The first-order chi connectivity index (χ1) is 11.0. The molecule has 1 heterocycles. The summed E-state index contributed by atoms with van der Waals surface area (Å²) in [4.78, 5) is 38.3. The lowest BCUT2D eigenvalue weighted by Crippen LogP contribution is -2.39. The first kappa shape index (κ1) is 14.2. The molecule has 0 radical (unpaired) electrons. The number of hydrogen-bond acceptors (Lipinski definition) is 4. The number of benzene rings is 1. The molecule has 2 saturated carbocycles. The van der Waals surface area contributed by atoms with Gasteiger partial charge in [-0.05, 0) is 43.2 Å². The highest BCUT2D eigenvalue weighted by Gasteiger charge is 2.60. The normalized spacial score (nSPS) is 31.6. The number of carbonyl (C=O) groups is 3. The number of imide groups is 1. The topological polar surface area (TPSA) is 86.7 Å². The van der Waals surface area contributed by atoms with Crippen molar-refractivity contribution in [1.82, 2.24) is 4.90 Å². The zero-order valence-corrected chi connectivity index (χ0v) is 12.6. The number of hydrogen-bond donors (Lipinski definition) is 2. The van der Waals surface area contributed by atoms with Crippen molar-refractivity contribution in [2.24, 2.45) is 23.7 Å². The van der Waals surface area contributed by atoms with E-state index in [1.54, 1.807) is 12.1 Å². The average Bonchev–Trinajstić information content (AvgIpc) is 3.17. The van der Waals surface area contributed by atoms with Crippen molar-refractivity contribution in [3.63, 3.8) is 0 Å². The van der Waals surface area contributed by atoms with Gasteiger partial charge in [0.25, 0.3) is 0 Å². The lowest BCUT2D eigenvalue weighted by atomic mass is 9.81. The Morgan fingerprint density at radius 1 is 1.17 bits per heavy atom. The molecular formula is C17H18N2O4. The molecule has 120 valence electrons. The minimum atomic E-state index is -0.426. The van der Waals surface area contributed by atoms with Gasteiger partial charge in [-0.25, -0.2) is 0 Å². The number of nitrogens with zero attached hydrogens (tertiary/aromatic N) is 1. The molecule has 1 aliphatic heterocycles. The van der Waals surface area contributed by atoms with Crippen LogP contribution < -0.4 is 5.32 Å². The van der Waals surface area contributed by atoms with E-state index < -0.39 is 5.91 Å². The minimum Gasteiger partial charge on any atom is -0.508 e. The Morgan fingerprint density at radius 3 is 2.43 bits per heavy atom. The van der Waals surface area contributed by atoms with E-state index >= 15 is 0 Å². The van der Waals surface area contributed by atoms with Crippen molar-refractivity contribution in [1.29, 1.82) is 0 Å². The van der Waals surface area contributed by atoms with E-state index in [9.17, 15) is 19.5 Å². The van der Waals surface area contributed by atoms with Crippen LogP contribution in [0.1, 0.15) is 19.3 Å². The molecule has 2 bridgehead atoms. The van der Waals surface area contributed by atoms with E-state index in [0.717, 1.165) is 24.2 Å². The molecule has 23 heavy (non-hydrogen) atoms.